The zero-order chi connectivity index (χ0) is 14.7. The summed E-state index contributed by atoms with van der Waals surface area (Å²) in [6.07, 6.45) is 3.22. The molecule has 0 aliphatic rings. The van der Waals surface area contributed by atoms with E-state index in [1.807, 2.05) is 30.3 Å². The molecule has 21 heavy (non-hydrogen) atoms. The number of benzene rings is 1. The number of ether oxygens (including phenoxy) is 2. The van der Waals surface area contributed by atoms with Gasteiger partial charge < -0.3 is 14.8 Å². The number of pyridine rings is 1. The van der Waals surface area contributed by atoms with Crippen LogP contribution < -0.4 is 14.8 Å². The third kappa shape index (κ3) is 2.55. The van der Waals surface area contributed by atoms with E-state index in [0.29, 0.717) is 23.1 Å². The van der Waals surface area contributed by atoms with Gasteiger partial charge in [-0.1, -0.05) is 6.07 Å². The van der Waals surface area contributed by atoms with Crippen LogP contribution in [0.25, 0.3) is 10.9 Å². The average Bonchev–Trinajstić information content (AvgIpc) is 2.55. The van der Waals surface area contributed by atoms with Crippen LogP contribution in [0.3, 0.4) is 0 Å². The van der Waals surface area contributed by atoms with Gasteiger partial charge in [-0.15, -0.1) is 0 Å². The fourth-order valence-corrected chi connectivity index (χ4v) is 2.04. The fourth-order valence-electron chi connectivity index (χ4n) is 2.04. The number of nitrogens with zero attached hydrogens (tertiary/aromatic N) is 3. The van der Waals surface area contributed by atoms with Crippen LogP contribution in [-0.4, -0.2) is 29.2 Å². The molecule has 0 spiro atoms. The summed E-state index contributed by atoms with van der Waals surface area (Å²) >= 11 is 0. The zero-order valence-corrected chi connectivity index (χ0v) is 11.7. The van der Waals surface area contributed by atoms with Crippen molar-refractivity contribution in [2.75, 3.05) is 19.5 Å². The molecule has 0 saturated heterocycles. The van der Waals surface area contributed by atoms with Gasteiger partial charge in [-0.25, -0.2) is 15.0 Å². The van der Waals surface area contributed by atoms with Gasteiger partial charge in [0, 0.05) is 17.6 Å². The maximum absolute atomic E-state index is 5.33. The lowest BCUT2D eigenvalue weighted by atomic mass is 10.2. The molecule has 0 saturated carbocycles. The minimum absolute atomic E-state index is 0.629. The Kier molecular flexibility index (Phi) is 3.51. The number of aromatic nitrogens is 3. The van der Waals surface area contributed by atoms with E-state index in [-0.39, 0.29) is 0 Å². The van der Waals surface area contributed by atoms with Crippen molar-refractivity contribution in [1.29, 1.82) is 0 Å². The highest BCUT2D eigenvalue weighted by molar-refractivity contribution is 5.92. The van der Waals surface area contributed by atoms with Gasteiger partial charge in [0.2, 0.25) is 0 Å². The first-order valence-corrected chi connectivity index (χ1v) is 6.36. The number of methoxy groups -OCH3 is 2. The predicted octanol–water partition coefficient (Wildman–Crippen LogP) is 2.79. The summed E-state index contributed by atoms with van der Waals surface area (Å²) < 4.78 is 10.6. The van der Waals surface area contributed by atoms with Crippen molar-refractivity contribution in [2.24, 2.45) is 0 Å². The SMILES string of the molecule is COc1cc2ncnc(Nc3ccccn3)c2cc1OC. The van der Waals surface area contributed by atoms with Gasteiger partial charge in [0.25, 0.3) is 0 Å². The summed E-state index contributed by atoms with van der Waals surface area (Å²) in [5.74, 6) is 2.64. The van der Waals surface area contributed by atoms with Crippen molar-refractivity contribution < 1.29 is 9.47 Å². The monoisotopic (exact) mass is 282 g/mol. The number of nitrogens with one attached hydrogen (secondary N) is 1. The molecule has 6 nitrogen and oxygen atoms in total. The van der Waals surface area contributed by atoms with Crippen LogP contribution in [-0.2, 0) is 0 Å². The van der Waals surface area contributed by atoms with Crippen molar-refractivity contribution in [1.82, 2.24) is 15.0 Å². The first kappa shape index (κ1) is 13.1. The van der Waals surface area contributed by atoms with E-state index >= 15 is 0 Å². The molecule has 6 heteroatoms. The third-order valence-corrected chi connectivity index (χ3v) is 3.05. The summed E-state index contributed by atoms with van der Waals surface area (Å²) in [5, 5.41) is 4.01. The molecule has 0 bridgehead atoms. The molecule has 1 N–H and O–H groups in total. The van der Waals surface area contributed by atoms with Crippen LogP contribution in [0, 0.1) is 0 Å². The minimum atomic E-state index is 0.629. The molecular formula is C15H14N4O2. The van der Waals surface area contributed by atoms with Crippen LogP contribution in [0.15, 0.2) is 42.9 Å². The number of hydrogen-bond donors (Lipinski definition) is 1. The molecule has 1 aromatic carbocycles. The molecule has 0 aliphatic carbocycles. The molecule has 0 aliphatic heterocycles. The standard InChI is InChI=1S/C15H14N4O2/c1-20-12-7-10-11(8-13(12)21-2)17-9-18-15(10)19-14-5-3-4-6-16-14/h3-9H,1-2H3,(H,16,17,18,19). The van der Waals surface area contributed by atoms with E-state index in [2.05, 4.69) is 20.3 Å². The van der Waals surface area contributed by atoms with Crippen LogP contribution >= 0.6 is 0 Å². The minimum Gasteiger partial charge on any atom is -0.493 e. The molecule has 0 unspecified atom stereocenters. The van der Waals surface area contributed by atoms with Gasteiger partial charge in [-0.05, 0) is 18.2 Å². The van der Waals surface area contributed by atoms with Gasteiger partial charge in [0.05, 0.1) is 19.7 Å². The normalized spacial score (nSPS) is 10.4. The van der Waals surface area contributed by atoms with Gasteiger partial charge in [0.1, 0.15) is 18.0 Å². The number of rotatable bonds is 4. The largest absolute Gasteiger partial charge is 0.493 e. The highest BCUT2D eigenvalue weighted by atomic mass is 16.5. The van der Waals surface area contributed by atoms with Crippen molar-refractivity contribution in [3.63, 3.8) is 0 Å². The van der Waals surface area contributed by atoms with Gasteiger partial charge in [-0.3, -0.25) is 0 Å². The Balaban J connectivity index is 2.10. The van der Waals surface area contributed by atoms with Crippen molar-refractivity contribution >= 4 is 22.5 Å². The van der Waals surface area contributed by atoms with Crippen LogP contribution in [0.1, 0.15) is 0 Å². The van der Waals surface area contributed by atoms with Crippen LogP contribution in [0.4, 0.5) is 11.6 Å². The van der Waals surface area contributed by atoms with Crippen molar-refractivity contribution in [3.05, 3.63) is 42.9 Å². The highest BCUT2D eigenvalue weighted by Crippen LogP contribution is 2.34. The molecule has 0 atom stereocenters. The average molecular weight is 282 g/mol. The second kappa shape index (κ2) is 5.62. The topological polar surface area (TPSA) is 69.2 Å². The van der Waals surface area contributed by atoms with Crippen LogP contribution in [0.2, 0.25) is 0 Å². The fraction of sp³-hybridized carbons (Fsp3) is 0.133. The lowest BCUT2D eigenvalue weighted by Crippen LogP contribution is -1.98. The Morgan fingerprint density at radius 1 is 0.952 bits per heavy atom. The second-order valence-electron chi connectivity index (χ2n) is 4.29. The summed E-state index contributed by atoms with van der Waals surface area (Å²) in [7, 11) is 3.19. The summed E-state index contributed by atoms with van der Waals surface area (Å²) in [5.41, 5.74) is 0.765. The Hall–Kier alpha value is -2.89. The first-order chi connectivity index (χ1) is 10.3. The molecule has 2 aromatic heterocycles. The first-order valence-electron chi connectivity index (χ1n) is 6.36. The Bertz CT molecular complexity index is 762. The molecule has 0 fully saturated rings. The predicted molar refractivity (Wildman–Crippen MR) is 80.2 cm³/mol. The van der Waals surface area contributed by atoms with E-state index < -0.39 is 0 Å². The smallest absolute Gasteiger partial charge is 0.162 e. The maximum Gasteiger partial charge on any atom is 0.162 e. The molecule has 106 valence electrons. The molecule has 3 aromatic rings. The number of fused-ring (bicyclic) bond motifs is 1. The summed E-state index contributed by atoms with van der Waals surface area (Å²) in [4.78, 5) is 12.8. The number of hydrogen-bond acceptors (Lipinski definition) is 6. The summed E-state index contributed by atoms with van der Waals surface area (Å²) in [6.45, 7) is 0. The van der Waals surface area contributed by atoms with Gasteiger partial charge in [-0.2, -0.15) is 0 Å². The third-order valence-electron chi connectivity index (χ3n) is 3.05. The Morgan fingerprint density at radius 3 is 2.48 bits per heavy atom. The molecule has 2 heterocycles. The summed E-state index contributed by atoms with van der Waals surface area (Å²) in [6, 6.07) is 9.30. The van der Waals surface area contributed by atoms with E-state index in [0.717, 1.165) is 10.9 Å². The van der Waals surface area contributed by atoms with Gasteiger partial charge in [0.15, 0.2) is 11.5 Å². The van der Waals surface area contributed by atoms with E-state index in [1.54, 1.807) is 20.4 Å². The lowest BCUT2D eigenvalue weighted by Gasteiger charge is -2.11. The van der Waals surface area contributed by atoms with Crippen LogP contribution in [0.5, 0.6) is 11.5 Å². The van der Waals surface area contributed by atoms with E-state index in [4.69, 9.17) is 9.47 Å². The maximum atomic E-state index is 5.33. The van der Waals surface area contributed by atoms with E-state index in [9.17, 15) is 0 Å². The Morgan fingerprint density at radius 2 is 1.76 bits per heavy atom. The molecule has 0 radical (unpaired) electrons. The molecule has 0 amide bonds. The Labute approximate surface area is 121 Å². The quantitative estimate of drug-likeness (QED) is 0.793. The number of anilines is 2. The van der Waals surface area contributed by atoms with Gasteiger partial charge >= 0.3 is 0 Å². The zero-order valence-electron chi connectivity index (χ0n) is 11.7. The van der Waals surface area contributed by atoms with Crippen molar-refractivity contribution in [2.45, 2.75) is 0 Å². The van der Waals surface area contributed by atoms with Crippen molar-refractivity contribution in [3.8, 4) is 11.5 Å². The van der Waals surface area contributed by atoms with E-state index in [1.165, 1.54) is 6.33 Å². The molecular weight excluding hydrogens is 268 g/mol. The molecule has 3 rings (SSSR count). The second-order valence-corrected chi connectivity index (χ2v) is 4.29. The highest BCUT2D eigenvalue weighted by Gasteiger charge is 2.11. The lowest BCUT2D eigenvalue weighted by molar-refractivity contribution is 0.356.